The Morgan fingerprint density at radius 3 is 2.35 bits per heavy atom. The summed E-state index contributed by atoms with van der Waals surface area (Å²) < 4.78 is 16.2. The number of carbonyl (C=O) groups is 1. The van der Waals surface area contributed by atoms with Crippen LogP contribution in [0.2, 0.25) is 0 Å². The van der Waals surface area contributed by atoms with Gasteiger partial charge in [-0.1, -0.05) is 0 Å². The summed E-state index contributed by atoms with van der Waals surface area (Å²) >= 11 is 0. The summed E-state index contributed by atoms with van der Waals surface area (Å²) in [7, 11) is 4.71. The van der Waals surface area contributed by atoms with Gasteiger partial charge in [-0.05, 0) is 24.6 Å². The Morgan fingerprint density at radius 2 is 1.78 bits per heavy atom. The first-order valence-electron chi connectivity index (χ1n) is 7.23. The Hall–Kier alpha value is -2.70. The van der Waals surface area contributed by atoms with E-state index in [4.69, 9.17) is 14.2 Å². The summed E-state index contributed by atoms with van der Waals surface area (Å²) in [5.74, 6) is 2.06. The van der Waals surface area contributed by atoms with Crippen molar-refractivity contribution in [1.82, 2.24) is 10.2 Å². The number of benzene rings is 1. The number of fused-ring (bicyclic) bond motifs is 1. The monoisotopic (exact) mass is 317 g/mol. The Kier molecular flexibility index (Phi) is 3.85. The van der Waals surface area contributed by atoms with Gasteiger partial charge in [0.25, 0.3) is 0 Å². The van der Waals surface area contributed by atoms with Crippen molar-refractivity contribution >= 4 is 11.7 Å². The first-order valence-corrected chi connectivity index (χ1v) is 7.23. The van der Waals surface area contributed by atoms with Crippen molar-refractivity contribution in [1.29, 1.82) is 0 Å². The number of nitrogens with zero attached hydrogens (tertiary/aromatic N) is 1. The molecule has 0 saturated carbocycles. The number of rotatable bonds is 4. The molecule has 1 amide bonds. The van der Waals surface area contributed by atoms with Gasteiger partial charge in [0.1, 0.15) is 0 Å². The van der Waals surface area contributed by atoms with E-state index in [9.17, 15) is 4.79 Å². The van der Waals surface area contributed by atoms with Gasteiger partial charge in [0.05, 0.1) is 21.3 Å². The molecule has 1 aromatic carbocycles. The van der Waals surface area contributed by atoms with E-state index in [-0.39, 0.29) is 11.8 Å². The number of hydrogen-bond donors (Lipinski definition) is 2. The first-order chi connectivity index (χ1) is 11.1. The molecule has 7 nitrogen and oxygen atoms in total. The van der Waals surface area contributed by atoms with E-state index in [0.29, 0.717) is 29.5 Å². The zero-order valence-electron chi connectivity index (χ0n) is 13.5. The van der Waals surface area contributed by atoms with Gasteiger partial charge in [0.2, 0.25) is 11.7 Å². The number of nitrogens with one attached hydrogen (secondary N) is 2. The van der Waals surface area contributed by atoms with Crippen molar-refractivity contribution in [2.24, 2.45) is 0 Å². The lowest BCUT2D eigenvalue weighted by Crippen LogP contribution is -2.23. The van der Waals surface area contributed by atoms with E-state index in [1.165, 1.54) is 0 Å². The van der Waals surface area contributed by atoms with Crippen LogP contribution in [-0.4, -0.2) is 37.4 Å². The molecule has 0 unspecified atom stereocenters. The van der Waals surface area contributed by atoms with E-state index < -0.39 is 0 Å². The molecule has 0 fully saturated rings. The van der Waals surface area contributed by atoms with Crippen LogP contribution in [-0.2, 0) is 4.79 Å². The highest BCUT2D eigenvalue weighted by Crippen LogP contribution is 2.44. The number of carbonyl (C=O) groups excluding carboxylic acids is 1. The molecule has 0 saturated heterocycles. The number of amides is 1. The van der Waals surface area contributed by atoms with Gasteiger partial charge < -0.3 is 19.5 Å². The van der Waals surface area contributed by atoms with E-state index in [1.54, 1.807) is 21.3 Å². The predicted octanol–water partition coefficient (Wildman–Crippen LogP) is 2.22. The molecule has 7 heteroatoms. The summed E-state index contributed by atoms with van der Waals surface area (Å²) in [5, 5.41) is 9.88. The van der Waals surface area contributed by atoms with Gasteiger partial charge in [-0.25, -0.2) is 0 Å². The highest BCUT2D eigenvalue weighted by atomic mass is 16.5. The van der Waals surface area contributed by atoms with Crippen LogP contribution >= 0.6 is 0 Å². The maximum absolute atomic E-state index is 12.0. The Morgan fingerprint density at radius 1 is 1.13 bits per heavy atom. The third-order valence-corrected chi connectivity index (χ3v) is 4.08. The highest BCUT2D eigenvalue weighted by Gasteiger charge is 2.31. The second-order valence-electron chi connectivity index (χ2n) is 5.37. The van der Waals surface area contributed by atoms with Crippen LogP contribution in [0.1, 0.15) is 29.2 Å². The molecule has 23 heavy (non-hydrogen) atoms. The SMILES string of the molecule is COc1cc([C@H]2CC(=O)Nc3n[nH]c(C)c32)cc(OC)c1OC. The van der Waals surface area contributed by atoms with Gasteiger partial charge in [-0.15, -0.1) is 0 Å². The molecule has 0 spiro atoms. The van der Waals surface area contributed by atoms with Crippen molar-refractivity contribution in [2.75, 3.05) is 26.6 Å². The van der Waals surface area contributed by atoms with Gasteiger partial charge in [0.15, 0.2) is 17.3 Å². The second-order valence-corrected chi connectivity index (χ2v) is 5.37. The highest BCUT2D eigenvalue weighted by molar-refractivity contribution is 5.94. The van der Waals surface area contributed by atoms with Crippen molar-refractivity contribution < 1.29 is 19.0 Å². The second kappa shape index (κ2) is 5.83. The number of hydrogen-bond acceptors (Lipinski definition) is 5. The van der Waals surface area contributed by atoms with Crippen molar-refractivity contribution in [3.8, 4) is 17.2 Å². The maximum Gasteiger partial charge on any atom is 0.226 e. The lowest BCUT2D eigenvalue weighted by atomic mass is 9.85. The fourth-order valence-corrected chi connectivity index (χ4v) is 3.02. The third-order valence-electron chi connectivity index (χ3n) is 4.08. The van der Waals surface area contributed by atoms with Crippen LogP contribution < -0.4 is 19.5 Å². The molecule has 0 aliphatic carbocycles. The zero-order chi connectivity index (χ0) is 16.6. The number of aryl methyl sites for hydroxylation is 1. The minimum atomic E-state index is -0.119. The quantitative estimate of drug-likeness (QED) is 0.903. The predicted molar refractivity (Wildman–Crippen MR) is 84.5 cm³/mol. The van der Waals surface area contributed by atoms with Crippen LogP contribution in [0.15, 0.2) is 12.1 Å². The molecule has 1 aliphatic rings. The molecule has 3 rings (SSSR count). The molecule has 2 aromatic rings. The first kappa shape index (κ1) is 15.2. The number of aromatic nitrogens is 2. The van der Waals surface area contributed by atoms with Crippen LogP contribution in [0, 0.1) is 6.92 Å². The van der Waals surface area contributed by atoms with Crippen molar-refractivity contribution in [2.45, 2.75) is 19.3 Å². The smallest absolute Gasteiger partial charge is 0.226 e. The van der Waals surface area contributed by atoms with Crippen LogP contribution in [0.4, 0.5) is 5.82 Å². The molecule has 1 atom stereocenters. The number of methoxy groups -OCH3 is 3. The van der Waals surface area contributed by atoms with Crippen LogP contribution in [0.25, 0.3) is 0 Å². The van der Waals surface area contributed by atoms with E-state index >= 15 is 0 Å². The molecule has 122 valence electrons. The number of aromatic amines is 1. The summed E-state index contributed by atoms with van der Waals surface area (Å²) in [6, 6.07) is 3.75. The Bertz CT molecular complexity index is 729. The summed E-state index contributed by atoms with van der Waals surface area (Å²) in [5.41, 5.74) is 2.83. The molecule has 0 radical (unpaired) electrons. The third kappa shape index (κ3) is 2.48. The summed E-state index contributed by atoms with van der Waals surface area (Å²) in [6.45, 7) is 1.94. The van der Waals surface area contributed by atoms with Gasteiger partial charge in [-0.3, -0.25) is 9.89 Å². The molecule has 1 aliphatic heterocycles. The lowest BCUT2D eigenvalue weighted by molar-refractivity contribution is -0.116. The molecule has 1 aromatic heterocycles. The molecule has 2 N–H and O–H groups in total. The largest absolute Gasteiger partial charge is 0.493 e. The molecule has 0 bridgehead atoms. The average Bonchev–Trinajstić information content (AvgIpc) is 2.93. The topological polar surface area (TPSA) is 85.5 Å². The van der Waals surface area contributed by atoms with E-state index in [1.807, 2.05) is 19.1 Å². The van der Waals surface area contributed by atoms with Gasteiger partial charge in [-0.2, -0.15) is 5.10 Å². The molecule has 2 heterocycles. The minimum absolute atomic E-state index is 0.0669. The van der Waals surface area contributed by atoms with E-state index in [2.05, 4.69) is 15.5 Å². The summed E-state index contributed by atoms with van der Waals surface area (Å²) in [6.07, 6.45) is 0.339. The van der Waals surface area contributed by atoms with Crippen molar-refractivity contribution in [3.05, 3.63) is 29.0 Å². The van der Waals surface area contributed by atoms with E-state index in [0.717, 1.165) is 16.8 Å². The van der Waals surface area contributed by atoms with Crippen LogP contribution in [0.5, 0.6) is 17.2 Å². The average molecular weight is 317 g/mol. The standard InChI is InChI=1S/C16H19N3O4/c1-8-14-10(7-13(20)17-16(14)19-18-8)9-5-11(21-2)15(23-4)12(6-9)22-3/h5-6,10H,7H2,1-4H3,(H2,17,18,19,20)/t10-/m1/s1. The fraction of sp³-hybridized carbons (Fsp3) is 0.375. The number of anilines is 1. The van der Waals surface area contributed by atoms with Gasteiger partial charge >= 0.3 is 0 Å². The van der Waals surface area contributed by atoms with Gasteiger partial charge in [0, 0.05) is 23.6 Å². The maximum atomic E-state index is 12.0. The Balaban J connectivity index is 2.15. The number of ether oxygens (including phenoxy) is 3. The number of H-pyrrole nitrogens is 1. The normalized spacial score (nSPS) is 16.5. The summed E-state index contributed by atoms with van der Waals surface area (Å²) in [4.78, 5) is 12.0. The van der Waals surface area contributed by atoms with Crippen molar-refractivity contribution in [3.63, 3.8) is 0 Å². The Labute approximate surface area is 133 Å². The minimum Gasteiger partial charge on any atom is -0.493 e. The molecular formula is C16H19N3O4. The zero-order valence-corrected chi connectivity index (χ0v) is 13.5. The molecular weight excluding hydrogens is 298 g/mol. The van der Waals surface area contributed by atoms with Crippen LogP contribution in [0.3, 0.4) is 0 Å². The lowest BCUT2D eigenvalue weighted by Gasteiger charge is -2.24. The fourth-order valence-electron chi connectivity index (χ4n) is 3.02.